The van der Waals surface area contributed by atoms with Gasteiger partial charge in [-0.15, -0.1) is 0 Å². The quantitative estimate of drug-likeness (QED) is 0.737. The average molecular weight is 213 g/mol. The van der Waals surface area contributed by atoms with Gasteiger partial charge in [-0.05, 0) is 5.56 Å². The summed E-state index contributed by atoms with van der Waals surface area (Å²) in [4.78, 5) is 0. The maximum absolute atomic E-state index is 12.4. The second-order valence-corrected chi connectivity index (χ2v) is 3.35. The molecule has 2 unspecified atom stereocenters. The third-order valence-corrected chi connectivity index (χ3v) is 2.31. The van der Waals surface area contributed by atoms with E-state index in [9.17, 15) is 13.2 Å². The molecule has 0 N–H and O–H groups in total. The van der Waals surface area contributed by atoms with Gasteiger partial charge < -0.3 is 0 Å². The number of hydrogen-bond donors (Lipinski definition) is 0. The van der Waals surface area contributed by atoms with Crippen LogP contribution in [0.2, 0.25) is 0 Å². The molecule has 0 fully saturated rings. The van der Waals surface area contributed by atoms with E-state index in [1.54, 1.807) is 24.3 Å². The summed E-state index contributed by atoms with van der Waals surface area (Å²) in [5, 5.41) is 8.76. The lowest BCUT2D eigenvalue weighted by atomic mass is 9.88. The van der Waals surface area contributed by atoms with Crippen LogP contribution in [0.1, 0.15) is 18.4 Å². The lowest BCUT2D eigenvalue weighted by molar-refractivity contribution is -0.172. The molecule has 0 bridgehead atoms. The van der Waals surface area contributed by atoms with Crippen LogP contribution in [0, 0.1) is 17.2 Å². The Labute approximate surface area is 86.1 Å². The van der Waals surface area contributed by atoms with Crippen molar-refractivity contribution >= 4 is 0 Å². The fourth-order valence-corrected chi connectivity index (χ4v) is 1.32. The van der Waals surface area contributed by atoms with Gasteiger partial charge in [0.15, 0.2) is 0 Å². The first kappa shape index (κ1) is 11.6. The van der Waals surface area contributed by atoms with Crippen molar-refractivity contribution in [2.45, 2.75) is 19.0 Å². The molecule has 0 aliphatic rings. The van der Waals surface area contributed by atoms with Gasteiger partial charge in [0, 0.05) is 0 Å². The molecule has 0 aliphatic heterocycles. The molecule has 0 heterocycles. The van der Waals surface area contributed by atoms with Crippen molar-refractivity contribution in [2.75, 3.05) is 0 Å². The van der Waals surface area contributed by atoms with E-state index in [1.165, 1.54) is 12.1 Å². The molecule has 1 rings (SSSR count). The maximum Gasteiger partial charge on any atom is 0.393 e. The first-order chi connectivity index (χ1) is 6.96. The zero-order chi connectivity index (χ0) is 11.5. The molecule has 80 valence electrons. The minimum atomic E-state index is -4.34. The van der Waals surface area contributed by atoms with Gasteiger partial charge in [0.05, 0.1) is 17.9 Å². The summed E-state index contributed by atoms with van der Waals surface area (Å²) in [6.07, 6.45) is -4.34. The molecule has 0 spiro atoms. The van der Waals surface area contributed by atoms with Crippen LogP contribution in [-0.2, 0) is 0 Å². The van der Waals surface area contributed by atoms with Crippen molar-refractivity contribution in [3.05, 3.63) is 35.9 Å². The van der Waals surface area contributed by atoms with E-state index in [0.29, 0.717) is 5.56 Å². The van der Waals surface area contributed by atoms with E-state index in [2.05, 4.69) is 0 Å². The summed E-state index contributed by atoms with van der Waals surface area (Å²) in [6.45, 7) is 1.03. The molecule has 1 aromatic rings. The van der Waals surface area contributed by atoms with E-state index in [0.717, 1.165) is 6.92 Å². The largest absolute Gasteiger partial charge is 0.393 e. The minimum absolute atomic E-state index is 0.407. The Hall–Kier alpha value is -1.50. The third-order valence-electron chi connectivity index (χ3n) is 2.31. The number of rotatable bonds is 2. The molecular weight excluding hydrogens is 203 g/mol. The van der Waals surface area contributed by atoms with Crippen LogP contribution in [0.5, 0.6) is 0 Å². The number of benzene rings is 1. The first-order valence-corrected chi connectivity index (χ1v) is 4.48. The van der Waals surface area contributed by atoms with E-state index < -0.39 is 18.0 Å². The molecule has 4 heteroatoms. The van der Waals surface area contributed by atoms with Crippen molar-refractivity contribution in [1.82, 2.24) is 0 Å². The molecule has 0 saturated carbocycles. The van der Waals surface area contributed by atoms with Crippen molar-refractivity contribution < 1.29 is 13.2 Å². The van der Waals surface area contributed by atoms with Gasteiger partial charge >= 0.3 is 6.18 Å². The Bertz CT molecular complexity index is 350. The van der Waals surface area contributed by atoms with E-state index in [4.69, 9.17) is 5.26 Å². The summed E-state index contributed by atoms with van der Waals surface area (Å²) in [6, 6.07) is 9.74. The van der Waals surface area contributed by atoms with Crippen LogP contribution < -0.4 is 0 Å². The normalized spacial score (nSPS) is 15.4. The highest BCUT2D eigenvalue weighted by Crippen LogP contribution is 2.36. The number of alkyl halides is 3. The van der Waals surface area contributed by atoms with E-state index >= 15 is 0 Å². The molecule has 0 radical (unpaired) electrons. The van der Waals surface area contributed by atoms with Gasteiger partial charge in [0.25, 0.3) is 0 Å². The summed E-state index contributed by atoms with van der Waals surface area (Å²) >= 11 is 0. The number of nitriles is 1. The lowest BCUT2D eigenvalue weighted by Gasteiger charge is -2.20. The van der Waals surface area contributed by atoms with E-state index in [1.807, 2.05) is 0 Å². The van der Waals surface area contributed by atoms with Crippen LogP contribution in [0.15, 0.2) is 30.3 Å². The first-order valence-electron chi connectivity index (χ1n) is 4.48. The van der Waals surface area contributed by atoms with Crippen molar-refractivity contribution in [1.29, 1.82) is 5.26 Å². The van der Waals surface area contributed by atoms with Crippen LogP contribution in [0.4, 0.5) is 13.2 Å². The van der Waals surface area contributed by atoms with Gasteiger partial charge in [-0.1, -0.05) is 37.3 Å². The smallest absolute Gasteiger partial charge is 0.198 e. The molecule has 1 aromatic carbocycles. The third kappa shape index (κ3) is 2.72. The Kier molecular flexibility index (Phi) is 3.35. The highest BCUT2D eigenvalue weighted by Gasteiger charge is 2.41. The highest BCUT2D eigenvalue weighted by molar-refractivity contribution is 5.25. The summed E-state index contributed by atoms with van der Waals surface area (Å²) in [5.41, 5.74) is 0.407. The maximum atomic E-state index is 12.4. The molecule has 0 saturated heterocycles. The van der Waals surface area contributed by atoms with Gasteiger partial charge in [0.1, 0.15) is 0 Å². The minimum Gasteiger partial charge on any atom is -0.198 e. The fourth-order valence-electron chi connectivity index (χ4n) is 1.32. The zero-order valence-corrected chi connectivity index (χ0v) is 8.12. The van der Waals surface area contributed by atoms with Crippen LogP contribution >= 0.6 is 0 Å². The Balaban J connectivity index is 2.97. The Morgan fingerprint density at radius 1 is 1.20 bits per heavy atom. The fraction of sp³-hybridized carbons (Fsp3) is 0.364. The van der Waals surface area contributed by atoms with Gasteiger partial charge in [-0.25, -0.2) is 0 Å². The lowest BCUT2D eigenvalue weighted by Crippen LogP contribution is -2.25. The Morgan fingerprint density at radius 3 is 2.13 bits per heavy atom. The Morgan fingerprint density at radius 2 is 1.73 bits per heavy atom. The second kappa shape index (κ2) is 4.35. The number of hydrogen-bond acceptors (Lipinski definition) is 1. The monoisotopic (exact) mass is 213 g/mol. The molecule has 0 aliphatic carbocycles. The van der Waals surface area contributed by atoms with E-state index in [-0.39, 0.29) is 0 Å². The summed E-state index contributed by atoms with van der Waals surface area (Å²) < 4.78 is 37.3. The van der Waals surface area contributed by atoms with Crippen LogP contribution in [-0.4, -0.2) is 6.18 Å². The molecule has 0 amide bonds. The molecule has 2 atom stereocenters. The zero-order valence-electron chi connectivity index (χ0n) is 8.12. The molecule has 15 heavy (non-hydrogen) atoms. The standard InChI is InChI=1S/C11H10F3N/c1-8(11(12,13)14)10(7-15)9-5-3-2-4-6-9/h2-6,8,10H,1H3. The summed E-state index contributed by atoms with van der Waals surface area (Å²) in [7, 11) is 0. The molecule has 1 nitrogen and oxygen atoms in total. The molecule has 0 aromatic heterocycles. The van der Waals surface area contributed by atoms with Crippen molar-refractivity contribution in [3.8, 4) is 6.07 Å². The van der Waals surface area contributed by atoms with Crippen LogP contribution in [0.3, 0.4) is 0 Å². The summed E-state index contributed by atoms with van der Waals surface area (Å²) in [5.74, 6) is -2.78. The van der Waals surface area contributed by atoms with Crippen LogP contribution in [0.25, 0.3) is 0 Å². The predicted molar refractivity (Wildman–Crippen MR) is 50.0 cm³/mol. The highest BCUT2D eigenvalue weighted by atomic mass is 19.4. The van der Waals surface area contributed by atoms with Crippen molar-refractivity contribution in [3.63, 3.8) is 0 Å². The van der Waals surface area contributed by atoms with Crippen molar-refractivity contribution in [2.24, 2.45) is 5.92 Å². The van der Waals surface area contributed by atoms with Gasteiger partial charge in [-0.3, -0.25) is 0 Å². The number of halogens is 3. The number of nitrogens with zero attached hydrogens (tertiary/aromatic N) is 1. The topological polar surface area (TPSA) is 23.8 Å². The van der Waals surface area contributed by atoms with Gasteiger partial charge in [0.2, 0.25) is 0 Å². The predicted octanol–water partition coefficient (Wildman–Crippen LogP) is 3.49. The molecular formula is C11H10F3N. The SMILES string of the molecule is CC(C(C#N)c1ccccc1)C(F)(F)F. The van der Waals surface area contributed by atoms with Gasteiger partial charge in [-0.2, -0.15) is 18.4 Å². The average Bonchev–Trinajstić information content (AvgIpc) is 2.19. The second-order valence-electron chi connectivity index (χ2n) is 3.35.